The number of unbranched alkanes of at least 4 members (excludes halogenated alkanes) is 22. The Kier molecular flexibility index (Phi) is 35.0. The van der Waals surface area contributed by atoms with E-state index < -0.39 is 20.0 Å². The fourth-order valence-electron chi connectivity index (χ4n) is 6.19. The molecule has 0 radical (unpaired) electrons. The highest BCUT2D eigenvalue weighted by atomic mass is 31.2. The highest BCUT2D eigenvalue weighted by Gasteiger charge is 2.28. The van der Waals surface area contributed by atoms with Gasteiger partial charge in [-0.3, -0.25) is 13.8 Å². The lowest BCUT2D eigenvalue weighted by molar-refractivity contribution is -0.870. The molecular formula is C43H86N2O6P+. The molecule has 3 atom stereocenters. The van der Waals surface area contributed by atoms with E-state index in [1.807, 2.05) is 21.1 Å². The highest BCUT2D eigenvalue weighted by molar-refractivity contribution is 7.47. The Morgan fingerprint density at radius 1 is 0.654 bits per heavy atom. The molecular weight excluding hydrogens is 671 g/mol. The summed E-state index contributed by atoms with van der Waals surface area (Å²) in [6, 6.07) is -0.756. The van der Waals surface area contributed by atoms with E-state index in [0.717, 1.165) is 44.9 Å². The fourth-order valence-corrected chi connectivity index (χ4v) is 6.93. The second-order valence-electron chi connectivity index (χ2n) is 16.1. The molecule has 8 nitrogen and oxygen atoms in total. The van der Waals surface area contributed by atoms with Crippen molar-refractivity contribution in [2.24, 2.45) is 0 Å². The predicted molar refractivity (Wildman–Crippen MR) is 221 cm³/mol. The molecule has 0 aliphatic carbocycles. The van der Waals surface area contributed by atoms with Gasteiger partial charge in [-0.1, -0.05) is 167 Å². The molecule has 52 heavy (non-hydrogen) atoms. The number of nitrogens with one attached hydrogen (secondary N) is 1. The number of hydrogen-bond acceptors (Lipinski definition) is 5. The Bertz CT molecular complexity index is 907. The number of carbonyl (C=O) groups excluding carboxylic acids is 1. The summed E-state index contributed by atoms with van der Waals surface area (Å²) in [6.45, 7) is 4.82. The molecule has 308 valence electrons. The molecule has 0 aromatic carbocycles. The largest absolute Gasteiger partial charge is 0.472 e. The van der Waals surface area contributed by atoms with Crippen LogP contribution < -0.4 is 5.32 Å². The van der Waals surface area contributed by atoms with Gasteiger partial charge < -0.3 is 19.8 Å². The highest BCUT2D eigenvalue weighted by Crippen LogP contribution is 2.43. The summed E-state index contributed by atoms with van der Waals surface area (Å²) in [5.74, 6) is -0.151. The van der Waals surface area contributed by atoms with Gasteiger partial charge in [-0.15, -0.1) is 0 Å². The van der Waals surface area contributed by atoms with Gasteiger partial charge in [-0.05, 0) is 44.9 Å². The topological polar surface area (TPSA) is 105 Å². The zero-order chi connectivity index (χ0) is 38.6. The van der Waals surface area contributed by atoms with E-state index in [1.165, 1.54) is 122 Å². The van der Waals surface area contributed by atoms with E-state index in [0.29, 0.717) is 23.9 Å². The van der Waals surface area contributed by atoms with Crippen LogP contribution in [0.25, 0.3) is 0 Å². The van der Waals surface area contributed by atoms with Crippen LogP contribution >= 0.6 is 7.82 Å². The number of allylic oxidation sites excluding steroid dienone is 4. The first kappa shape index (κ1) is 51.0. The van der Waals surface area contributed by atoms with Crippen molar-refractivity contribution in [3.8, 4) is 0 Å². The van der Waals surface area contributed by atoms with E-state index in [9.17, 15) is 19.4 Å². The van der Waals surface area contributed by atoms with Gasteiger partial charge in [-0.2, -0.15) is 0 Å². The van der Waals surface area contributed by atoms with Crippen molar-refractivity contribution >= 4 is 13.7 Å². The molecule has 0 aromatic rings. The first-order valence-electron chi connectivity index (χ1n) is 21.7. The maximum atomic E-state index is 12.8. The summed E-state index contributed by atoms with van der Waals surface area (Å²) in [5, 5.41) is 13.8. The minimum atomic E-state index is -4.30. The SMILES string of the molecule is CCCCCCC/C=C\C/C=C\CCCCCCCCCCCCCC(=O)NC(COP(=O)(O)OCC[N+](C)(C)C)C(O)CCCCCCCCC. The summed E-state index contributed by atoms with van der Waals surface area (Å²) < 4.78 is 23.5. The van der Waals surface area contributed by atoms with Crippen LogP contribution in [-0.2, 0) is 18.4 Å². The summed E-state index contributed by atoms with van der Waals surface area (Å²) in [4.78, 5) is 23.0. The molecule has 0 heterocycles. The normalized spacial score (nSPS) is 14.7. The van der Waals surface area contributed by atoms with Crippen LogP contribution in [0, 0.1) is 0 Å². The zero-order valence-electron chi connectivity index (χ0n) is 34.8. The third-order valence-electron chi connectivity index (χ3n) is 9.70. The third kappa shape index (κ3) is 37.3. The Hall–Kier alpha value is -1.02. The molecule has 0 rings (SSSR count). The predicted octanol–water partition coefficient (Wildman–Crippen LogP) is 11.7. The van der Waals surface area contributed by atoms with Crippen LogP contribution in [0.3, 0.4) is 0 Å². The number of rotatable bonds is 39. The number of aliphatic hydroxyl groups excluding tert-OH is 1. The minimum absolute atomic E-state index is 0.0743. The number of quaternary nitrogens is 1. The molecule has 0 saturated carbocycles. The van der Waals surface area contributed by atoms with Gasteiger partial charge in [0.2, 0.25) is 5.91 Å². The molecule has 0 aliphatic heterocycles. The van der Waals surface area contributed by atoms with Crippen molar-refractivity contribution in [1.82, 2.24) is 5.32 Å². The number of aliphatic hydroxyl groups is 1. The number of carbonyl (C=O) groups is 1. The monoisotopic (exact) mass is 758 g/mol. The Labute approximate surface area is 322 Å². The standard InChI is InChI=1S/C43H85N2O6P/c1-6-8-10-12-14-15-16-17-18-19-20-21-22-23-24-25-26-27-28-29-31-33-35-37-43(47)44-41(42(46)36-34-32-30-13-11-9-7-2)40-51-52(48,49)50-39-38-45(3,4)5/h16-17,19-20,41-42,46H,6-15,18,21-40H2,1-5H3,(H-,44,47,48,49)/p+1/b17-16-,20-19-. The van der Waals surface area contributed by atoms with Gasteiger partial charge in [0.15, 0.2) is 0 Å². The molecule has 1 amide bonds. The van der Waals surface area contributed by atoms with Gasteiger partial charge in [0, 0.05) is 6.42 Å². The van der Waals surface area contributed by atoms with Crippen molar-refractivity contribution in [2.75, 3.05) is 40.9 Å². The number of amides is 1. The van der Waals surface area contributed by atoms with Crippen LogP contribution in [0.15, 0.2) is 24.3 Å². The molecule has 9 heteroatoms. The average molecular weight is 758 g/mol. The van der Waals surface area contributed by atoms with E-state index in [2.05, 4.69) is 43.5 Å². The number of hydrogen-bond donors (Lipinski definition) is 3. The van der Waals surface area contributed by atoms with E-state index in [1.54, 1.807) is 0 Å². The summed E-state index contributed by atoms with van der Waals surface area (Å²) in [5.41, 5.74) is 0. The molecule has 3 unspecified atom stereocenters. The second-order valence-corrected chi connectivity index (χ2v) is 17.5. The van der Waals surface area contributed by atoms with Gasteiger partial charge in [0.1, 0.15) is 13.2 Å². The second kappa shape index (κ2) is 35.7. The van der Waals surface area contributed by atoms with Crippen molar-refractivity contribution in [3.05, 3.63) is 24.3 Å². The molecule has 0 spiro atoms. The number of likely N-dealkylation sites (N-methyl/N-ethyl adjacent to an activating group) is 1. The van der Waals surface area contributed by atoms with Crippen LogP contribution in [0.1, 0.15) is 194 Å². The summed E-state index contributed by atoms with van der Waals surface area (Å²) in [6.07, 6.45) is 40.8. The van der Waals surface area contributed by atoms with Crippen LogP contribution in [-0.4, -0.2) is 73.4 Å². The lowest BCUT2D eigenvalue weighted by Gasteiger charge is -2.26. The maximum absolute atomic E-state index is 12.8. The lowest BCUT2D eigenvalue weighted by Crippen LogP contribution is -2.46. The molecule has 0 saturated heterocycles. The van der Waals surface area contributed by atoms with E-state index in [-0.39, 0.29) is 19.1 Å². The van der Waals surface area contributed by atoms with Crippen LogP contribution in [0.5, 0.6) is 0 Å². The average Bonchev–Trinajstić information content (AvgIpc) is 3.09. The van der Waals surface area contributed by atoms with Gasteiger partial charge in [-0.25, -0.2) is 4.57 Å². The summed E-state index contributed by atoms with van der Waals surface area (Å²) >= 11 is 0. The van der Waals surface area contributed by atoms with Crippen molar-refractivity contribution in [2.45, 2.75) is 206 Å². The Morgan fingerprint density at radius 3 is 1.58 bits per heavy atom. The van der Waals surface area contributed by atoms with Crippen molar-refractivity contribution in [3.63, 3.8) is 0 Å². The Balaban J connectivity index is 4.13. The molecule has 0 aromatic heterocycles. The first-order valence-corrected chi connectivity index (χ1v) is 23.2. The molecule has 0 bridgehead atoms. The van der Waals surface area contributed by atoms with Crippen LogP contribution in [0.2, 0.25) is 0 Å². The quantitative estimate of drug-likeness (QED) is 0.0250. The van der Waals surface area contributed by atoms with Crippen molar-refractivity contribution in [1.29, 1.82) is 0 Å². The number of phosphoric ester groups is 1. The van der Waals surface area contributed by atoms with Gasteiger partial charge in [0.05, 0.1) is 39.9 Å². The maximum Gasteiger partial charge on any atom is 0.472 e. The lowest BCUT2D eigenvalue weighted by atomic mass is 10.0. The minimum Gasteiger partial charge on any atom is -0.391 e. The number of phosphoric acid groups is 1. The Morgan fingerprint density at radius 2 is 1.10 bits per heavy atom. The fraction of sp³-hybridized carbons (Fsp3) is 0.884. The summed E-state index contributed by atoms with van der Waals surface area (Å²) in [7, 11) is 1.61. The van der Waals surface area contributed by atoms with Crippen LogP contribution in [0.4, 0.5) is 0 Å². The third-order valence-corrected chi connectivity index (χ3v) is 10.7. The molecule has 0 aliphatic rings. The molecule has 0 fully saturated rings. The first-order chi connectivity index (χ1) is 25.0. The van der Waals surface area contributed by atoms with E-state index >= 15 is 0 Å². The molecule has 3 N–H and O–H groups in total. The zero-order valence-corrected chi connectivity index (χ0v) is 35.7. The smallest absolute Gasteiger partial charge is 0.391 e. The van der Waals surface area contributed by atoms with E-state index in [4.69, 9.17) is 9.05 Å². The van der Waals surface area contributed by atoms with Crippen molar-refractivity contribution < 1.29 is 32.9 Å². The van der Waals surface area contributed by atoms with Gasteiger partial charge >= 0.3 is 7.82 Å². The number of nitrogens with zero attached hydrogens (tertiary/aromatic N) is 1. The van der Waals surface area contributed by atoms with Gasteiger partial charge in [0.25, 0.3) is 0 Å².